The van der Waals surface area contributed by atoms with E-state index in [4.69, 9.17) is 15.2 Å². The molecule has 39 heavy (non-hydrogen) atoms. The average molecular weight is 543 g/mol. The molecule has 2 aromatic rings. The molecule has 3 unspecified atom stereocenters. The smallest absolute Gasteiger partial charge is 0.410 e. The number of fused-ring (bicyclic) bond motifs is 3. The normalized spacial score (nSPS) is 28.5. The molecule has 14 nitrogen and oxygen atoms in total. The fraction of sp³-hybridized carbons (Fsp3) is 0.640. The first-order valence-electron chi connectivity index (χ1n) is 13.0. The molecule has 0 saturated carbocycles. The number of imidazole rings is 1. The molecule has 3 aliphatic rings. The third kappa shape index (κ3) is 5.22. The van der Waals surface area contributed by atoms with E-state index in [-0.39, 0.29) is 41.0 Å². The number of anilines is 1. The maximum absolute atomic E-state index is 12.5. The standard InChI is InChI=1S/C25H34N8O6/c1-5-27-22(36)19-17(34)18(35)23(38-19)33-12-28-16-20(26)29-15(30-21(16)33)7-6-8-31-10-14-9-13(31)11-32(14)24(37)39-25(2,3)4/h12-14,17-19,23,34-35H,5,8-11H2,1-4H3,(H,27,36)(H2,26,29,30)/t13?,14?,17?,18-,19-,23+/m0/s1. The SMILES string of the molecule is CCNC(=O)[C@H]1O[C@@H](n2cnc3c(N)nc(C#CCN4CC5CC4CN5C(=O)OC(C)(C)C)nc32)[C@@H](O)C1O. The number of carbonyl (C=O) groups excluding carboxylic acids is 2. The van der Waals surface area contributed by atoms with Crippen molar-refractivity contribution in [2.24, 2.45) is 0 Å². The Morgan fingerprint density at radius 2 is 2.00 bits per heavy atom. The Kier molecular flexibility index (Phi) is 7.10. The molecule has 2 aromatic heterocycles. The topological polar surface area (TPSA) is 181 Å². The number of rotatable bonds is 4. The number of amides is 2. The van der Waals surface area contributed by atoms with Crippen LogP contribution in [0.25, 0.3) is 11.2 Å². The molecular formula is C25H34N8O6. The van der Waals surface area contributed by atoms with Crippen molar-refractivity contribution in [3.8, 4) is 11.8 Å². The van der Waals surface area contributed by atoms with E-state index >= 15 is 0 Å². The number of hydrogen-bond acceptors (Lipinski definition) is 11. The molecule has 210 valence electrons. The summed E-state index contributed by atoms with van der Waals surface area (Å²) in [6.07, 6.45) is -3.22. The summed E-state index contributed by atoms with van der Waals surface area (Å²) in [6.45, 7) is 9.44. The van der Waals surface area contributed by atoms with Gasteiger partial charge in [0.15, 0.2) is 23.8 Å². The Labute approximate surface area is 225 Å². The number of nitrogens with zero attached hydrogens (tertiary/aromatic N) is 6. The number of carbonyl (C=O) groups is 2. The molecule has 6 atom stereocenters. The second kappa shape index (κ2) is 10.2. The molecule has 5 heterocycles. The Balaban J connectivity index is 1.28. The Morgan fingerprint density at radius 3 is 2.67 bits per heavy atom. The summed E-state index contributed by atoms with van der Waals surface area (Å²) in [5, 5.41) is 23.6. The maximum atomic E-state index is 12.5. The highest BCUT2D eigenvalue weighted by Gasteiger charge is 2.48. The number of nitrogens with one attached hydrogen (secondary N) is 1. The highest BCUT2D eigenvalue weighted by molar-refractivity contribution is 5.83. The van der Waals surface area contributed by atoms with Gasteiger partial charge in [0.25, 0.3) is 5.91 Å². The summed E-state index contributed by atoms with van der Waals surface area (Å²) in [5.74, 6) is 5.77. The second-order valence-corrected chi connectivity index (χ2v) is 11.0. The lowest BCUT2D eigenvalue weighted by atomic mass is 10.1. The maximum Gasteiger partial charge on any atom is 0.410 e. The van der Waals surface area contributed by atoms with Crippen LogP contribution in [0.1, 0.15) is 46.2 Å². The molecule has 2 amide bonds. The van der Waals surface area contributed by atoms with Gasteiger partial charge in [-0.25, -0.2) is 19.7 Å². The van der Waals surface area contributed by atoms with E-state index in [0.717, 1.165) is 6.42 Å². The van der Waals surface area contributed by atoms with Crippen LogP contribution in [0.15, 0.2) is 6.33 Å². The van der Waals surface area contributed by atoms with Crippen molar-refractivity contribution in [1.29, 1.82) is 0 Å². The Hall–Kier alpha value is -3.51. The van der Waals surface area contributed by atoms with Crippen LogP contribution in [0, 0.1) is 11.8 Å². The van der Waals surface area contributed by atoms with Crippen molar-refractivity contribution in [3.63, 3.8) is 0 Å². The molecule has 0 spiro atoms. The largest absolute Gasteiger partial charge is 0.444 e. The zero-order valence-corrected chi connectivity index (χ0v) is 22.4. The van der Waals surface area contributed by atoms with E-state index in [1.807, 2.05) is 20.8 Å². The summed E-state index contributed by atoms with van der Waals surface area (Å²) >= 11 is 0. The van der Waals surface area contributed by atoms with E-state index in [9.17, 15) is 19.8 Å². The van der Waals surface area contributed by atoms with Crippen molar-refractivity contribution in [2.75, 3.05) is 31.9 Å². The van der Waals surface area contributed by atoms with Gasteiger partial charge in [0.2, 0.25) is 5.82 Å². The van der Waals surface area contributed by atoms with Crippen molar-refractivity contribution in [1.82, 2.24) is 34.6 Å². The van der Waals surface area contributed by atoms with Gasteiger partial charge in [-0.05, 0) is 40.0 Å². The zero-order chi connectivity index (χ0) is 28.1. The first-order valence-corrected chi connectivity index (χ1v) is 13.0. The van der Waals surface area contributed by atoms with Gasteiger partial charge in [-0.3, -0.25) is 14.3 Å². The van der Waals surface area contributed by atoms with Crippen molar-refractivity contribution >= 4 is 29.0 Å². The molecule has 0 aromatic carbocycles. The third-order valence-corrected chi connectivity index (χ3v) is 7.03. The first kappa shape index (κ1) is 27.1. The molecule has 0 radical (unpaired) electrons. The summed E-state index contributed by atoms with van der Waals surface area (Å²) in [5.41, 5.74) is 6.11. The first-order chi connectivity index (χ1) is 18.5. The third-order valence-electron chi connectivity index (χ3n) is 7.03. The predicted molar refractivity (Wildman–Crippen MR) is 138 cm³/mol. The highest BCUT2D eigenvalue weighted by atomic mass is 16.6. The molecule has 3 saturated heterocycles. The van der Waals surface area contributed by atoms with Gasteiger partial charge < -0.3 is 35.6 Å². The van der Waals surface area contributed by atoms with Crippen molar-refractivity contribution in [2.45, 2.75) is 76.3 Å². The van der Waals surface area contributed by atoms with Crippen LogP contribution in [-0.4, -0.2) is 114 Å². The number of aliphatic hydroxyl groups excluding tert-OH is 2. The minimum absolute atomic E-state index is 0.0978. The van der Waals surface area contributed by atoms with E-state index in [1.54, 1.807) is 11.8 Å². The quantitative estimate of drug-likeness (QED) is 0.355. The lowest BCUT2D eigenvalue weighted by molar-refractivity contribution is -0.137. The number of nitrogens with two attached hydrogens (primary N) is 1. The Morgan fingerprint density at radius 1 is 1.23 bits per heavy atom. The monoisotopic (exact) mass is 542 g/mol. The molecule has 5 rings (SSSR count). The number of nitrogen functional groups attached to an aromatic ring is 1. The Bertz CT molecular complexity index is 1330. The van der Waals surface area contributed by atoms with Gasteiger partial charge in [-0.1, -0.05) is 5.92 Å². The lowest BCUT2D eigenvalue weighted by Gasteiger charge is -2.34. The minimum Gasteiger partial charge on any atom is -0.444 e. The van der Waals surface area contributed by atoms with E-state index in [2.05, 4.69) is 37.0 Å². The summed E-state index contributed by atoms with van der Waals surface area (Å²) in [7, 11) is 0. The molecule has 3 fully saturated rings. The van der Waals surface area contributed by atoms with Crippen LogP contribution in [-0.2, 0) is 14.3 Å². The molecule has 3 aliphatic heterocycles. The van der Waals surface area contributed by atoms with Crippen LogP contribution < -0.4 is 11.1 Å². The van der Waals surface area contributed by atoms with Gasteiger partial charge >= 0.3 is 6.09 Å². The van der Waals surface area contributed by atoms with Gasteiger partial charge in [0.05, 0.1) is 12.9 Å². The molecule has 5 N–H and O–H groups in total. The molecule has 2 bridgehead atoms. The molecular weight excluding hydrogens is 508 g/mol. The molecule has 14 heteroatoms. The van der Waals surface area contributed by atoms with E-state index < -0.39 is 36.0 Å². The summed E-state index contributed by atoms with van der Waals surface area (Å²) < 4.78 is 12.6. The van der Waals surface area contributed by atoms with Gasteiger partial charge in [-0.15, -0.1) is 0 Å². The van der Waals surface area contributed by atoms with Crippen LogP contribution in [0.5, 0.6) is 0 Å². The number of hydrogen-bond donors (Lipinski definition) is 4. The number of piperazine rings is 1. The van der Waals surface area contributed by atoms with E-state index in [1.165, 1.54) is 10.9 Å². The highest BCUT2D eigenvalue weighted by Crippen LogP contribution is 2.33. The van der Waals surface area contributed by atoms with Crippen molar-refractivity contribution in [3.05, 3.63) is 12.2 Å². The van der Waals surface area contributed by atoms with Crippen LogP contribution >= 0.6 is 0 Å². The predicted octanol–water partition coefficient (Wildman–Crippen LogP) is -0.791. The number of likely N-dealkylation sites (N-methyl/N-ethyl adjacent to an activating group) is 1. The minimum atomic E-state index is -1.43. The lowest BCUT2D eigenvalue weighted by Crippen LogP contribution is -2.50. The van der Waals surface area contributed by atoms with E-state index in [0.29, 0.717) is 26.2 Å². The fourth-order valence-electron chi connectivity index (χ4n) is 5.27. The van der Waals surface area contributed by atoms with Gasteiger partial charge in [0, 0.05) is 31.7 Å². The van der Waals surface area contributed by atoms with Gasteiger partial charge in [0.1, 0.15) is 23.3 Å². The number of ether oxygens (including phenoxy) is 2. The fourth-order valence-corrected chi connectivity index (χ4v) is 5.27. The number of aromatic nitrogens is 4. The van der Waals surface area contributed by atoms with Crippen molar-refractivity contribution < 1.29 is 29.3 Å². The average Bonchev–Trinajstić information content (AvgIpc) is 3.62. The summed E-state index contributed by atoms with van der Waals surface area (Å²) in [4.78, 5) is 41.7. The summed E-state index contributed by atoms with van der Waals surface area (Å²) in [6, 6.07) is 0.303. The number of aliphatic hydroxyl groups is 2. The number of likely N-dealkylation sites (tertiary alicyclic amines) is 2. The molecule has 0 aliphatic carbocycles. The zero-order valence-electron chi connectivity index (χ0n) is 22.4. The van der Waals surface area contributed by atoms with Gasteiger partial charge in [-0.2, -0.15) is 0 Å². The van der Waals surface area contributed by atoms with Crippen LogP contribution in [0.2, 0.25) is 0 Å². The second-order valence-electron chi connectivity index (χ2n) is 11.0. The van der Waals surface area contributed by atoms with Crippen LogP contribution in [0.4, 0.5) is 10.6 Å². The van der Waals surface area contributed by atoms with Crippen LogP contribution in [0.3, 0.4) is 0 Å².